The number of Topliss-reactive ketones (excluding diaryl/α,β-unsaturated/α-hetero) is 1. The molecule has 0 saturated heterocycles. The van der Waals surface area contributed by atoms with Crippen LogP contribution in [0.25, 0.3) is 0 Å². The molecule has 2 nitrogen and oxygen atoms in total. The van der Waals surface area contributed by atoms with Crippen molar-refractivity contribution in [3.05, 3.63) is 0 Å². The molecule has 0 aromatic rings. The molecule has 0 N–H and O–H groups in total. The van der Waals surface area contributed by atoms with Gasteiger partial charge in [0, 0.05) is 0 Å². The third-order valence-corrected chi connectivity index (χ3v) is 0.918. The van der Waals surface area contributed by atoms with Crippen LogP contribution in [0, 0.1) is 0 Å². The summed E-state index contributed by atoms with van der Waals surface area (Å²) in [6, 6.07) is 0. The Morgan fingerprint density at radius 1 is 1.75 bits per heavy atom. The van der Waals surface area contributed by atoms with Crippen molar-refractivity contribution < 1.29 is 9.59 Å². The topological polar surface area (TPSA) is 34.1 Å². The quantitative estimate of drug-likeness (QED) is 0.222. The Hall–Kier alpha value is 0.227. The monoisotopic (exact) mass is 128 g/mol. The van der Waals surface area contributed by atoms with Crippen molar-refractivity contribution in [3.63, 3.8) is 0 Å². The van der Waals surface area contributed by atoms with E-state index in [9.17, 15) is 9.59 Å². The van der Waals surface area contributed by atoms with E-state index in [4.69, 9.17) is 11.6 Å². The van der Waals surface area contributed by atoms with Crippen molar-refractivity contribution >= 4 is 42.5 Å². The second-order valence-electron chi connectivity index (χ2n) is 1.15. The molecule has 1 unspecified atom stereocenters. The van der Waals surface area contributed by atoms with Gasteiger partial charge in [0.15, 0.2) is 5.78 Å². The number of carbonyl (C=O) groups is 2. The van der Waals surface area contributed by atoms with Gasteiger partial charge in [-0.1, -0.05) is 0 Å². The van der Waals surface area contributed by atoms with Crippen LogP contribution in [-0.2, 0) is 9.59 Å². The van der Waals surface area contributed by atoms with Crippen LogP contribution >= 0.6 is 11.6 Å². The Morgan fingerprint density at radius 3 is 2.12 bits per heavy atom. The van der Waals surface area contributed by atoms with E-state index in [1.54, 1.807) is 0 Å². The number of carbonyl (C=O) groups excluding carboxylic acids is 2. The molecule has 0 fully saturated rings. The summed E-state index contributed by atoms with van der Waals surface area (Å²) < 4.78 is 0. The fourth-order valence-electron chi connectivity index (χ4n) is 0.0958. The third kappa shape index (κ3) is 4.39. The normalized spacial score (nSPS) is 11.2. The molecule has 0 spiro atoms. The van der Waals surface area contributed by atoms with E-state index in [0.29, 0.717) is 6.29 Å². The standard InChI is InChI=1S/C4H5ClO2.Li.H/c1-3(7)4(5)2-6;;/h2,4H,1H3;;. The number of halogens is 1. The first-order valence-electron chi connectivity index (χ1n) is 1.78. The van der Waals surface area contributed by atoms with Crippen LogP contribution in [-0.4, -0.2) is 36.3 Å². The van der Waals surface area contributed by atoms with Crippen molar-refractivity contribution in [2.24, 2.45) is 0 Å². The molecule has 0 heterocycles. The Morgan fingerprint density at radius 2 is 2.12 bits per heavy atom. The third-order valence-electron chi connectivity index (χ3n) is 0.508. The molecule has 0 radical (unpaired) electrons. The van der Waals surface area contributed by atoms with Crippen molar-refractivity contribution in [2.45, 2.75) is 12.3 Å². The number of rotatable bonds is 2. The van der Waals surface area contributed by atoms with Gasteiger partial charge in [-0.3, -0.25) is 4.79 Å². The molecule has 0 aliphatic rings. The second-order valence-corrected chi connectivity index (χ2v) is 1.62. The summed E-state index contributed by atoms with van der Waals surface area (Å²) >= 11 is 5.08. The van der Waals surface area contributed by atoms with E-state index in [1.165, 1.54) is 6.92 Å². The summed E-state index contributed by atoms with van der Waals surface area (Å²) in [5.41, 5.74) is 0. The first-order chi connectivity index (χ1) is 3.18. The van der Waals surface area contributed by atoms with Crippen molar-refractivity contribution in [1.82, 2.24) is 0 Å². The van der Waals surface area contributed by atoms with Crippen LogP contribution in [0.1, 0.15) is 6.92 Å². The number of alkyl halides is 1. The molecule has 0 aromatic carbocycles. The number of hydrogen-bond acceptors (Lipinski definition) is 2. The Labute approximate surface area is 64.8 Å². The molecule has 8 heavy (non-hydrogen) atoms. The summed E-state index contributed by atoms with van der Waals surface area (Å²) in [7, 11) is 0. The zero-order valence-corrected chi connectivity index (χ0v) is 4.61. The Kier molecular flexibility index (Phi) is 7.43. The van der Waals surface area contributed by atoms with Crippen molar-refractivity contribution in [1.29, 1.82) is 0 Å². The number of aldehydes is 1. The van der Waals surface area contributed by atoms with E-state index < -0.39 is 5.38 Å². The SMILES string of the molecule is CC(=O)C(Cl)C=O.[LiH]. The van der Waals surface area contributed by atoms with E-state index in [-0.39, 0.29) is 24.6 Å². The first-order valence-corrected chi connectivity index (χ1v) is 2.22. The van der Waals surface area contributed by atoms with Gasteiger partial charge >= 0.3 is 18.9 Å². The molecule has 42 valence electrons. The van der Waals surface area contributed by atoms with Gasteiger partial charge in [0.1, 0.15) is 11.7 Å². The summed E-state index contributed by atoms with van der Waals surface area (Å²) in [6.45, 7) is 1.27. The van der Waals surface area contributed by atoms with Gasteiger partial charge in [-0.05, 0) is 6.92 Å². The van der Waals surface area contributed by atoms with Gasteiger partial charge in [-0.25, -0.2) is 0 Å². The zero-order valence-electron chi connectivity index (χ0n) is 3.85. The van der Waals surface area contributed by atoms with Crippen molar-refractivity contribution in [3.8, 4) is 0 Å². The second kappa shape index (κ2) is 5.37. The van der Waals surface area contributed by atoms with E-state index in [1.807, 2.05) is 0 Å². The molecule has 0 aliphatic heterocycles. The predicted molar refractivity (Wildman–Crippen MR) is 33.5 cm³/mol. The number of ketones is 1. The predicted octanol–water partition coefficient (Wildman–Crippen LogP) is -0.267. The molecule has 0 amide bonds. The summed E-state index contributed by atoms with van der Waals surface area (Å²) in [5, 5.41) is -0.944. The molecule has 0 aromatic heterocycles. The molecule has 0 aliphatic carbocycles. The average molecular weight is 128 g/mol. The molecular formula is C4H6ClLiO2. The summed E-state index contributed by atoms with van der Waals surface area (Å²) in [4.78, 5) is 19.6. The van der Waals surface area contributed by atoms with Gasteiger partial charge < -0.3 is 4.79 Å². The van der Waals surface area contributed by atoms with Gasteiger partial charge in [0.05, 0.1) is 0 Å². The molecule has 0 saturated carbocycles. The minimum atomic E-state index is -0.944. The summed E-state index contributed by atoms with van der Waals surface area (Å²) in [5.74, 6) is -0.309. The average Bonchev–Trinajstić information content (AvgIpc) is 1.65. The number of hydrogen-bond donors (Lipinski definition) is 0. The first kappa shape index (κ1) is 11.1. The molecule has 1 atom stereocenters. The maximum atomic E-state index is 10.0. The van der Waals surface area contributed by atoms with Gasteiger partial charge in [0.2, 0.25) is 0 Å². The van der Waals surface area contributed by atoms with Crippen LogP contribution in [0.3, 0.4) is 0 Å². The fourth-order valence-corrected chi connectivity index (χ4v) is 0.0958. The van der Waals surface area contributed by atoms with Gasteiger partial charge in [0.25, 0.3) is 0 Å². The van der Waals surface area contributed by atoms with Crippen LogP contribution < -0.4 is 0 Å². The molecule has 4 heteroatoms. The molecular weight excluding hydrogens is 122 g/mol. The van der Waals surface area contributed by atoms with Gasteiger partial charge in [-0.2, -0.15) is 0 Å². The molecule has 0 rings (SSSR count). The van der Waals surface area contributed by atoms with E-state index in [2.05, 4.69) is 0 Å². The van der Waals surface area contributed by atoms with Crippen molar-refractivity contribution in [2.75, 3.05) is 0 Å². The van der Waals surface area contributed by atoms with Crippen LogP contribution in [0.5, 0.6) is 0 Å². The fraction of sp³-hybridized carbons (Fsp3) is 0.500. The Bertz CT molecular complexity index is 94.0. The minimum absolute atomic E-state index is 0. The van der Waals surface area contributed by atoms with Gasteiger partial charge in [-0.15, -0.1) is 11.6 Å². The zero-order chi connectivity index (χ0) is 5.86. The van der Waals surface area contributed by atoms with E-state index in [0.717, 1.165) is 0 Å². The maximum absolute atomic E-state index is 10.0. The van der Waals surface area contributed by atoms with Crippen LogP contribution in [0.4, 0.5) is 0 Å². The molecule has 0 bridgehead atoms. The van der Waals surface area contributed by atoms with Crippen LogP contribution in [0.15, 0.2) is 0 Å². The summed E-state index contributed by atoms with van der Waals surface area (Å²) in [6.07, 6.45) is 0.407. The Balaban J connectivity index is 0. The van der Waals surface area contributed by atoms with Crippen LogP contribution in [0.2, 0.25) is 0 Å². The van der Waals surface area contributed by atoms with E-state index >= 15 is 0 Å².